The first-order valence-electron chi connectivity index (χ1n) is 9.60. The summed E-state index contributed by atoms with van der Waals surface area (Å²) in [7, 11) is 1.92. The Kier molecular flexibility index (Phi) is 9.12. The normalized spacial score (nSPS) is 11.4. The first kappa shape index (κ1) is 23.2. The standard InChI is InChI=1S/C26H23P3.Ru/c27-26(29(24-17-9-3-10-18-24)25-19-11-4-12-20-25)21-28(22-13-5-1-6-14-22)23-15-7-2-8-16-23;/h1-21H,27H2;. The van der Waals surface area contributed by atoms with E-state index in [0.29, 0.717) is 0 Å². The van der Waals surface area contributed by atoms with Crippen LogP contribution in [-0.4, -0.2) is 0 Å². The fourth-order valence-corrected chi connectivity index (χ4v) is 9.10. The zero-order valence-corrected chi connectivity index (χ0v) is 21.1. The van der Waals surface area contributed by atoms with E-state index in [2.05, 4.69) is 136 Å². The molecule has 4 rings (SSSR count). The SMILES string of the molecule is PC(=CP(c1ccccc1)c1ccccc1)P(c1ccccc1)c1ccccc1.[Ru]. The van der Waals surface area contributed by atoms with E-state index in [4.69, 9.17) is 0 Å². The molecule has 4 aromatic carbocycles. The Morgan fingerprint density at radius 1 is 0.500 bits per heavy atom. The number of rotatable bonds is 6. The van der Waals surface area contributed by atoms with Crippen LogP contribution in [0, 0.1) is 0 Å². The Balaban J connectivity index is 0.00000256. The monoisotopic (exact) mass is 530 g/mol. The molecule has 0 bridgehead atoms. The minimum absolute atomic E-state index is 0. The summed E-state index contributed by atoms with van der Waals surface area (Å²) in [5.74, 6) is 2.50. The smallest absolute Gasteiger partial charge is 0 e. The molecule has 1 atom stereocenters. The van der Waals surface area contributed by atoms with Gasteiger partial charge in [-0.05, 0) is 47.9 Å². The molecule has 0 nitrogen and oxygen atoms in total. The van der Waals surface area contributed by atoms with Gasteiger partial charge in [-0.1, -0.05) is 121 Å². The molecular formula is C26H23P3Ru. The van der Waals surface area contributed by atoms with E-state index in [1.807, 2.05) is 0 Å². The van der Waals surface area contributed by atoms with Crippen LogP contribution >= 0.6 is 25.1 Å². The van der Waals surface area contributed by atoms with Crippen molar-refractivity contribution in [3.8, 4) is 0 Å². The fourth-order valence-electron chi connectivity index (χ4n) is 3.27. The molecule has 150 valence electrons. The van der Waals surface area contributed by atoms with Crippen LogP contribution in [-0.2, 0) is 19.5 Å². The quantitative estimate of drug-likeness (QED) is 0.215. The maximum atomic E-state index is 3.07. The molecule has 0 amide bonds. The van der Waals surface area contributed by atoms with Crippen molar-refractivity contribution in [3.63, 3.8) is 0 Å². The van der Waals surface area contributed by atoms with Crippen LogP contribution in [0.15, 0.2) is 132 Å². The van der Waals surface area contributed by atoms with Gasteiger partial charge in [0.1, 0.15) is 0 Å². The van der Waals surface area contributed by atoms with Gasteiger partial charge in [0.05, 0.1) is 0 Å². The van der Waals surface area contributed by atoms with Gasteiger partial charge in [0.25, 0.3) is 0 Å². The molecule has 1 unspecified atom stereocenters. The second-order valence-corrected chi connectivity index (χ2v) is 12.0. The molecule has 0 fully saturated rings. The summed E-state index contributed by atoms with van der Waals surface area (Å²) in [4.78, 5) is 0. The molecule has 0 aliphatic heterocycles. The Morgan fingerprint density at radius 3 is 1.13 bits per heavy atom. The van der Waals surface area contributed by atoms with Crippen molar-refractivity contribution in [1.82, 2.24) is 0 Å². The van der Waals surface area contributed by atoms with Crippen LogP contribution < -0.4 is 21.2 Å². The van der Waals surface area contributed by atoms with Gasteiger partial charge in [-0.2, -0.15) is 0 Å². The largest absolute Gasteiger partial charge is 0.104 e. The Morgan fingerprint density at radius 2 is 0.800 bits per heavy atom. The van der Waals surface area contributed by atoms with E-state index in [9.17, 15) is 0 Å². The van der Waals surface area contributed by atoms with E-state index < -0.39 is 15.8 Å². The minimum atomic E-state index is -0.585. The van der Waals surface area contributed by atoms with Crippen molar-refractivity contribution in [2.24, 2.45) is 0 Å². The van der Waals surface area contributed by atoms with Crippen LogP contribution in [0.25, 0.3) is 0 Å². The van der Waals surface area contributed by atoms with Gasteiger partial charge in [-0.25, -0.2) is 0 Å². The summed E-state index contributed by atoms with van der Waals surface area (Å²) in [6.07, 6.45) is 0. The molecule has 0 aliphatic rings. The maximum absolute atomic E-state index is 3.07. The molecule has 0 heterocycles. The summed E-state index contributed by atoms with van der Waals surface area (Å²) < 4.78 is 0. The molecule has 0 saturated carbocycles. The van der Waals surface area contributed by atoms with Gasteiger partial charge in [0.2, 0.25) is 0 Å². The first-order valence-corrected chi connectivity index (χ1v) is 12.9. The van der Waals surface area contributed by atoms with E-state index >= 15 is 0 Å². The Hall–Kier alpha value is -1.47. The van der Waals surface area contributed by atoms with Gasteiger partial charge in [0, 0.05) is 19.5 Å². The molecule has 0 aliphatic carbocycles. The van der Waals surface area contributed by atoms with Gasteiger partial charge in [-0.3, -0.25) is 0 Å². The first-order chi connectivity index (χ1) is 14.3. The summed E-state index contributed by atoms with van der Waals surface area (Å²) in [6, 6.07) is 43.5. The minimum Gasteiger partial charge on any atom is -0.104 e. The van der Waals surface area contributed by atoms with Crippen molar-refractivity contribution in [2.45, 2.75) is 0 Å². The molecule has 0 radical (unpaired) electrons. The second-order valence-electron chi connectivity index (χ2n) is 6.60. The number of hydrogen-bond donors (Lipinski definition) is 0. The van der Waals surface area contributed by atoms with Gasteiger partial charge >= 0.3 is 0 Å². The average molecular weight is 529 g/mol. The van der Waals surface area contributed by atoms with Crippen molar-refractivity contribution in [1.29, 1.82) is 0 Å². The molecule has 0 spiro atoms. The van der Waals surface area contributed by atoms with Gasteiger partial charge < -0.3 is 0 Å². The summed E-state index contributed by atoms with van der Waals surface area (Å²) >= 11 is 0. The zero-order valence-electron chi connectivity index (χ0n) is 16.4. The number of hydrogen-bond acceptors (Lipinski definition) is 0. The predicted octanol–water partition coefficient (Wildman–Crippen LogP) is 5.92. The third-order valence-electron chi connectivity index (χ3n) is 4.62. The number of benzene rings is 4. The molecular weight excluding hydrogens is 506 g/mol. The fraction of sp³-hybridized carbons (Fsp3) is 0. The predicted molar refractivity (Wildman–Crippen MR) is 136 cm³/mol. The molecule has 30 heavy (non-hydrogen) atoms. The van der Waals surface area contributed by atoms with Crippen molar-refractivity contribution >= 4 is 46.3 Å². The maximum Gasteiger partial charge on any atom is 0 e. The van der Waals surface area contributed by atoms with E-state index in [1.165, 1.54) is 26.3 Å². The van der Waals surface area contributed by atoms with Crippen molar-refractivity contribution < 1.29 is 19.5 Å². The van der Waals surface area contributed by atoms with Crippen LogP contribution in [0.4, 0.5) is 0 Å². The molecule has 0 saturated heterocycles. The summed E-state index contributed by atoms with van der Waals surface area (Å²) in [5.41, 5.74) is 0. The zero-order chi connectivity index (χ0) is 19.9. The van der Waals surface area contributed by atoms with E-state index in [1.54, 1.807) is 0 Å². The van der Waals surface area contributed by atoms with Crippen LogP contribution in [0.2, 0.25) is 0 Å². The third kappa shape index (κ3) is 5.82. The van der Waals surface area contributed by atoms with Gasteiger partial charge in [-0.15, -0.1) is 9.24 Å². The topological polar surface area (TPSA) is 0 Å². The van der Waals surface area contributed by atoms with Crippen molar-refractivity contribution in [2.75, 3.05) is 0 Å². The summed E-state index contributed by atoms with van der Waals surface area (Å²) in [5, 5.41) is 6.89. The molecule has 0 aromatic heterocycles. The summed E-state index contributed by atoms with van der Waals surface area (Å²) in [6.45, 7) is 0. The van der Waals surface area contributed by atoms with Gasteiger partial charge in [0.15, 0.2) is 0 Å². The Labute approximate surface area is 197 Å². The second kappa shape index (κ2) is 11.8. The van der Waals surface area contributed by atoms with Crippen molar-refractivity contribution in [3.05, 3.63) is 132 Å². The molecule has 0 N–H and O–H groups in total. The van der Waals surface area contributed by atoms with E-state index in [-0.39, 0.29) is 19.5 Å². The molecule has 4 aromatic rings. The van der Waals surface area contributed by atoms with Crippen LogP contribution in [0.1, 0.15) is 0 Å². The molecule has 4 heteroatoms. The van der Waals surface area contributed by atoms with Crippen LogP contribution in [0.3, 0.4) is 0 Å². The Bertz CT molecular complexity index is 973. The average Bonchev–Trinajstić information content (AvgIpc) is 2.80. The van der Waals surface area contributed by atoms with E-state index in [0.717, 1.165) is 0 Å². The third-order valence-corrected chi connectivity index (χ3v) is 10.6. The van der Waals surface area contributed by atoms with Crippen LogP contribution in [0.5, 0.6) is 0 Å².